The van der Waals surface area contributed by atoms with Crippen molar-refractivity contribution in [3.63, 3.8) is 0 Å². The molecule has 0 spiro atoms. The minimum atomic E-state index is 0.500. The van der Waals surface area contributed by atoms with Crippen LogP contribution in [0.5, 0.6) is 0 Å². The Morgan fingerprint density at radius 2 is 1.67 bits per heavy atom. The summed E-state index contributed by atoms with van der Waals surface area (Å²) in [5, 5.41) is 6.76. The molecule has 0 saturated heterocycles. The molecule has 0 radical (unpaired) electrons. The average molecular weight is 226 g/mol. The Hall–Kier alpha value is -0.960. The molecule has 0 aliphatic heterocycles. The third-order valence-corrected chi connectivity index (χ3v) is 4.40. The van der Waals surface area contributed by atoms with Gasteiger partial charge in [-0.3, -0.25) is 0 Å². The van der Waals surface area contributed by atoms with Gasteiger partial charge >= 0.3 is 0 Å². The molecule has 1 aromatic rings. The first-order valence-electron chi connectivity index (χ1n) is 4.97. The van der Waals surface area contributed by atoms with Crippen LogP contribution in [0.2, 0.25) is 0 Å². The van der Waals surface area contributed by atoms with Gasteiger partial charge in [0.1, 0.15) is 17.3 Å². The summed E-state index contributed by atoms with van der Waals surface area (Å²) in [6.45, 7) is 5.07. The smallest absolute Gasteiger partial charge is 0.133 e. The van der Waals surface area contributed by atoms with Crippen LogP contribution in [0.15, 0.2) is 30.3 Å². The summed E-state index contributed by atoms with van der Waals surface area (Å²) in [6.07, 6.45) is 0. The van der Waals surface area contributed by atoms with Crippen LogP contribution in [0.3, 0.4) is 0 Å². The molecule has 0 saturated carbocycles. The maximum absolute atomic E-state index is 8.24. The highest BCUT2D eigenvalue weighted by Crippen LogP contribution is 2.08. The van der Waals surface area contributed by atoms with Crippen molar-refractivity contribution < 1.29 is 9.90 Å². The molecule has 3 heteroatoms. The number of hydrogen-bond donors (Lipinski definition) is 1. The van der Waals surface area contributed by atoms with Crippen LogP contribution in [-0.2, 0) is 21.4 Å². The minimum absolute atomic E-state index is 0.500. The van der Waals surface area contributed by atoms with Crippen molar-refractivity contribution in [1.82, 2.24) is 0 Å². The van der Waals surface area contributed by atoms with E-state index < -0.39 is 0 Å². The van der Waals surface area contributed by atoms with Gasteiger partial charge in [-0.1, -0.05) is 36.8 Å². The molecule has 1 N–H and O–H groups in total. The van der Waals surface area contributed by atoms with Crippen LogP contribution >= 0.6 is 0 Å². The summed E-state index contributed by atoms with van der Waals surface area (Å²) in [5.41, 5.74) is 1.49. The fraction of sp³-hybridized carbons (Fsp3) is 0.417. The lowest BCUT2D eigenvalue weighted by molar-refractivity contribution is 0.437. The maximum Gasteiger partial charge on any atom is 0.133 e. The molecule has 1 rings (SSSR count). The quantitative estimate of drug-likeness (QED) is 0.632. The predicted molar refractivity (Wildman–Crippen MR) is 66.9 cm³/mol. The van der Waals surface area contributed by atoms with E-state index in [9.17, 15) is 0 Å². The summed E-state index contributed by atoms with van der Waals surface area (Å²) < 4.78 is 0. The molecule has 84 valence electrons. The highest BCUT2D eigenvalue weighted by Gasteiger charge is 2.11. The topological polar surface area (TPSA) is 37.3 Å². The van der Waals surface area contributed by atoms with Gasteiger partial charge in [0.25, 0.3) is 0 Å². The molecular weight excluding hydrogens is 208 g/mol. The molecule has 0 atom stereocenters. The lowest BCUT2D eigenvalue weighted by Crippen LogP contribution is -2.10. The summed E-state index contributed by atoms with van der Waals surface area (Å²) >= 11 is 0. The number of benzene rings is 1. The Kier molecular flexibility index (Phi) is 8.98. The lowest BCUT2D eigenvalue weighted by Gasteiger charge is -2.03. The second-order valence-electron chi connectivity index (χ2n) is 2.91. The first-order chi connectivity index (χ1) is 7.28. The van der Waals surface area contributed by atoms with Gasteiger partial charge in [-0.2, -0.15) is 0 Å². The largest absolute Gasteiger partial charge is 0.665 e. The van der Waals surface area contributed by atoms with Gasteiger partial charge in [0, 0.05) is 5.56 Å². The van der Waals surface area contributed by atoms with Crippen LogP contribution < -0.4 is 0 Å². The number of rotatable bonds is 4. The van der Waals surface area contributed by atoms with E-state index in [-0.39, 0.29) is 0 Å². The standard InChI is InChI=1S/C11H17S.CHO2/c1-3-12(4-2)10-11-8-6-5-7-9-11;2-1-3/h5-9H,3-4,10H2,1-2H3;(H,2,3)/q+1;-1. The Morgan fingerprint density at radius 1 is 1.20 bits per heavy atom. The molecule has 0 heterocycles. The van der Waals surface area contributed by atoms with E-state index in [1.165, 1.54) is 22.8 Å². The second kappa shape index (κ2) is 9.59. The highest BCUT2D eigenvalue weighted by atomic mass is 32.2. The monoisotopic (exact) mass is 226 g/mol. The molecule has 0 aliphatic carbocycles. The summed E-state index contributed by atoms with van der Waals surface area (Å²) in [5.74, 6) is 3.92. The van der Waals surface area contributed by atoms with Crippen LogP contribution in [0.25, 0.3) is 0 Å². The summed E-state index contributed by atoms with van der Waals surface area (Å²) in [6, 6.07) is 10.8. The van der Waals surface area contributed by atoms with Crippen LogP contribution in [0.4, 0.5) is 0 Å². The van der Waals surface area contributed by atoms with Crippen molar-refractivity contribution in [3.8, 4) is 0 Å². The predicted octanol–water partition coefficient (Wildman–Crippen LogP) is 2.46. The molecule has 0 unspecified atom stereocenters. The third kappa shape index (κ3) is 7.03. The average Bonchev–Trinajstić information content (AvgIpc) is 2.28. The molecule has 0 aliphatic rings. The fourth-order valence-electron chi connectivity index (χ4n) is 1.22. The number of aliphatic hydroxyl groups excluding tert-OH is 1. The Labute approximate surface area is 94.7 Å². The van der Waals surface area contributed by atoms with Crippen molar-refractivity contribution in [3.05, 3.63) is 35.9 Å². The van der Waals surface area contributed by atoms with E-state index in [2.05, 4.69) is 44.2 Å². The number of hydrogen-bond acceptors (Lipinski definition) is 1. The Morgan fingerprint density at radius 3 is 2.07 bits per heavy atom. The fourth-order valence-corrected chi connectivity index (χ4v) is 2.70. The zero-order valence-corrected chi connectivity index (χ0v) is 10.1. The van der Waals surface area contributed by atoms with Crippen molar-refractivity contribution in [2.24, 2.45) is 0 Å². The minimum Gasteiger partial charge on any atom is -0.665 e. The van der Waals surface area contributed by atoms with Gasteiger partial charge in [-0.15, -0.1) is 0 Å². The summed E-state index contributed by atoms with van der Waals surface area (Å²) in [7, 11) is 0.611. The van der Waals surface area contributed by atoms with Crippen molar-refractivity contribution in [2.45, 2.75) is 19.6 Å². The van der Waals surface area contributed by atoms with Gasteiger partial charge < -0.3 is 9.90 Å². The molecule has 0 bridgehead atoms. The molecule has 0 fully saturated rings. The first kappa shape index (κ1) is 14.0. The normalized spacial score (nSPS) is 9.27. The lowest BCUT2D eigenvalue weighted by atomic mass is 10.2. The zero-order chi connectivity index (χ0) is 11.5. The van der Waals surface area contributed by atoms with E-state index in [0.717, 1.165) is 0 Å². The van der Waals surface area contributed by atoms with E-state index in [1.807, 2.05) is 0 Å². The van der Waals surface area contributed by atoms with Gasteiger partial charge in [0.15, 0.2) is 0 Å². The van der Waals surface area contributed by atoms with E-state index >= 15 is 0 Å². The molecule has 2 nitrogen and oxygen atoms in total. The molecule has 0 aromatic heterocycles. The van der Waals surface area contributed by atoms with Crippen LogP contribution in [0, 0.1) is 0 Å². The molecule has 15 heavy (non-hydrogen) atoms. The zero-order valence-electron chi connectivity index (χ0n) is 9.27. The summed E-state index contributed by atoms with van der Waals surface area (Å²) in [4.78, 5) is 8.24. The van der Waals surface area contributed by atoms with Crippen molar-refractivity contribution in [2.75, 3.05) is 11.5 Å². The maximum atomic E-state index is 8.24. The van der Waals surface area contributed by atoms with Crippen LogP contribution in [0.1, 0.15) is 19.4 Å². The van der Waals surface area contributed by atoms with E-state index in [4.69, 9.17) is 9.90 Å². The van der Waals surface area contributed by atoms with Crippen molar-refractivity contribution >= 4 is 17.4 Å². The second-order valence-corrected chi connectivity index (χ2v) is 5.58. The van der Waals surface area contributed by atoms with E-state index in [1.54, 1.807) is 0 Å². The van der Waals surface area contributed by atoms with E-state index in [0.29, 0.717) is 17.4 Å². The van der Waals surface area contributed by atoms with Gasteiger partial charge in [0.2, 0.25) is 0 Å². The highest BCUT2D eigenvalue weighted by molar-refractivity contribution is 7.96. The van der Waals surface area contributed by atoms with Gasteiger partial charge in [-0.25, -0.2) is 0 Å². The molecule has 1 aromatic carbocycles. The first-order valence-corrected chi connectivity index (χ1v) is 6.70. The Bertz CT molecular complexity index is 245. The molecule has 0 amide bonds. The van der Waals surface area contributed by atoms with Gasteiger partial charge in [0.05, 0.1) is 0 Å². The molecular formula is C12H18O2S. The van der Waals surface area contributed by atoms with Gasteiger partial charge in [-0.05, 0) is 24.7 Å². The third-order valence-electron chi connectivity index (χ3n) is 2.03. The van der Waals surface area contributed by atoms with Crippen LogP contribution in [-0.4, -0.2) is 23.1 Å². The Balaban J connectivity index is 0.000000583. The van der Waals surface area contributed by atoms with Crippen molar-refractivity contribution in [1.29, 1.82) is 0 Å². The SMILES string of the molecule is CC[S+](CC)Cc1ccccc1.O=[C-]O.